The summed E-state index contributed by atoms with van der Waals surface area (Å²) in [6.07, 6.45) is 3.43. The van der Waals surface area contributed by atoms with Gasteiger partial charge < -0.3 is 4.74 Å². The number of nitrogens with zero attached hydrogens (tertiary/aromatic N) is 1. The van der Waals surface area contributed by atoms with Gasteiger partial charge >= 0.3 is 0 Å². The van der Waals surface area contributed by atoms with Crippen LogP contribution in [0.3, 0.4) is 0 Å². The number of halogens is 1. The molecule has 0 spiro atoms. The Hall–Kier alpha value is -2.06. The van der Waals surface area contributed by atoms with Crippen molar-refractivity contribution in [3.05, 3.63) is 66.5 Å². The van der Waals surface area contributed by atoms with Crippen molar-refractivity contribution in [3.8, 4) is 11.5 Å². The van der Waals surface area contributed by atoms with Gasteiger partial charge in [0.2, 0.25) is 0 Å². The number of fused-ring (bicyclic) bond motifs is 1. The van der Waals surface area contributed by atoms with Crippen LogP contribution in [0.1, 0.15) is 5.56 Å². The summed E-state index contributed by atoms with van der Waals surface area (Å²) in [6, 6.07) is 16.0. The molecule has 0 radical (unpaired) electrons. The summed E-state index contributed by atoms with van der Waals surface area (Å²) in [5.41, 5.74) is 0.886. The van der Waals surface area contributed by atoms with Crippen LogP contribution in [0, 0.1) is 0 Å². The van der Waals surface area contributed by atoms with Gasteiger partial charge in [0.15, 0.2) is 0 Å². The number of pyridine rings is 1. The zero-order chi connectivity index (χ0) is 13.1. The molecule has 0 saturated heterocycles. The summed E-state index contributed by atoms with van der Waals surface area (Å²) in [4.78, 5) is 4.04. The van der Waals surface area contributed by atoms with Crippen molar-refractivity contribution in [2.45, 2.75) is 5.88 Å². The van der Waals surface area contributed by atoms with Crippen LogP contribution in [0.15, 0.2) is 60.9 Å². The van der Waals surface area contributed by atoms with E-state index in [9.17, 15) is 0 Å². The van der Waals surface area contributed by atoms with E-state index in [1.54, 1.807) is 12.4 Å². The summed E-state index contributed by atoms with van der Waals surface area (Å²) >= 11 is 5.87. The molecular formula is C16H12ClNO. The maximum Gasteiger partial charge on any atom is 0.134 e. The highest BCUT2D eigenvalue weighted by Gasteiger charge is 2.04. The van der Waals surface area contributed by atoms with Crippen LogP contribution in [-0.4, -0.2) is 4.98 Å². The Bertz CT molecular complexity index is 712. The van der Waals surface area contributed by atoms with Gasteiger partial charge in [0.1, 0.15) is 11.5 Å². The first kappa shape index (κ1) is 12.0. The average molecular weight is 270 g/mol. The first-order valence-electron chi connectivity index (χ1n) is 6.02. The fourth-order valence-corrected chi connectivity index (χ4v) is 2.17. The van der Waals surface area contributed by atoms with Crippen molar-refractivity contribution in [3.63, 3.8) is 0 Å². The smallest absolute Gasteiger partial charge is 0.134 e. The predicted molar refractivity (Wildman–Crippen MR) is 77.8 cm³/mol. The van der Waals surface area contributed by atoms with Crippen molar-refractivity contribution in [2.24, 2.45) is 0 Å². The molecule has 3 aromatic rings. The lowest BCUT2D eigenvalue weighted by molar-refractivity contribution is 0.478. The van der Waals surface area contributed by atoms with E-state index in [0.717, 1.165) is 22.4 Å². The molecule has 1 heterocycles. The van der Waals surface area contributed by atoms with Crippen molar-refractivity contribution in [1.82, 2.24) is 4.98 Å². The number of hydrogen-bond donors (Lipinski definition) is 0. The van der Waals surface area contributed by atoms with Crippen molar-refractivity contribution in [1.29, 1.82) is 0 Å². The third kappa shape index (κ3) is 2.54. The fourth-order valence-electron chi connectivity index (χ4n) is 1.97. The fraction of sp³-hybridized carbons (Fsp3) is 0.0625. The zero-order valence-corrected chi connectivity index (χ0v) is 11.0. The van der Waals surface area contributed by atoms with E-state index in [2.05, 4.69) is 17.1 Å². The summed E-state index contributed by atoms with van der Waals surface area (Å²) in [5, 5.41) is 2.35. The molecule has 0 N–H and O–H groups in total. The summed E-state index contributed by atoms with van der Waals surface area (Å²) in [6.45, 7) is 0. The predicted octanol–water partition coefficient (Wildman–Crippen LogP) is 4.77. The molecule has 1 aromatic heterocycles. The Morgan fingerprint density at radius 2 is 1.84 bits per heavy atom. The quantitative estimate of drug-likeness (QED) is 0.639. The molecule has 0 aliphatic carbocycles. The van der Waals surface area contributed by atoms with Crippen molar-refractivity contribution >= 4 is 22.4 Å². The highest BCUT2D eigenvalue weighted by Crippen LogP contribution is 2.28. The molecule has 0 amide bonds. The van der Waals surface area contributed by atoms with Crippen LogP contribution in [0.4, 0.5) is 0 Å². The van der Waals surface area contributed by atoms with E-state index in [4.69, 9.17) is 16.3 Å². The highest BCUT2D eigenvalue weighted by atomic mass is 35.5. The minimum atomic E-state index is 0.386. The van der Waals surface area contributed by atoms with Gasteiger partial charge in [-0.1, -0.05) is 30.3 Å². The zero-order valence-electron chi connectivity index (χ0n) is 10.2. The largest absolute Gasteiger partial charge is 0.457 e. The third-order valence-electron chi connectivity index (χ3n) is 2.95. The van der Waals surface area contributed by atoms with E-state index in [1.165, 1.54) is 5.39 Å². The van der Waals surface area contributed by atoms with Crippen LogP contribution in [0.25, 0.3) is 10.8 Å². The molecule has 0 aliphatic heterocycles. The molecule has 0 fully saturated rings. The molecule has 0 aliphatic rings. The van der Waals surface area contributed by atoms with E-state index < -0.39 is 0 Å². The first-order chi connectivity index (χ1) is 9.36. The SMILES string of the molecule is ClCc1cnccc1Oc1ccc2ccccc2c1. The molecule has 2 nitrogen and oxygen atoms in total. The molecule has 0 unspecified atom stereocenters. The minimum Gasteiger partial charge on any atom is -0.457 e. The number of benzene rings is 2. The molecule has 2 aromatic carbocycles. The minimum absolute atomic E-state index is 0.386. The van der Waals surface area contributed by atoms with Gasteiger partial charge in [0.05, 0.1) is 5.88 Å². The highest BCUT2D eigenvalue weighted by molar-refractivity contribution is 6.17. The lowest BCUT2D eigenvalue weighted by atomic mass is 10.1. The average Bonchev–Trinajstić information content (AvgIpc) is 2.48. The van der Waals surface area contributed by atoms with Gasteiger partial charge in [-0.2, -0.15) is 0 Å². The second-order valence-electron chi connectivity index (χ2n) is 4.23. The van der Waals surface area contributed by atoms with Gasteiger partial charge in [-0.15, -0.1) is 11.6 Å². The van der Waals surface area contributed by atoms with Crippen LogP contribution >= 0.6 is 11.6 Å². The Labute approximate surface area is 116 Å². The van der Waals surface area contributed by atoms with Gasteiger partial charge in [-0.25, -0.2) is 0 Å². The summed E-state index contributed by atoms with van der Waals surface area (Å²) in [5.74, 6) is 1.94. The lowest BCUT2D eigenvalue weighted by Crippen LogP contribution is -1.90. The number of ether oxygens (including phenoxy) is 1. The van der Waals surface area contributed by atoms with Gasteiger partial charge in [0, 0.05) is 18.0 Å². The van der Waals surface area contributed by atoms with Crippen molar-refractivity contribution in [2.75, 3.05) is 0 Å². The maximum atomic E-state index is 5.88. The normalized spacial score (nSPS) is 10.6. The van der Waals surface area contributed by atoms with Gasteiger partial charge in [0.25, 0.3) is 0 Å². The molecule has 19 heavy (non-hydrogen) atoms. The Kier molecular flexibility index (Phi) is 3.34. The molecular weight excluding hydrogens is 258 g/mol. The van der Waals surface area contributed by atoms with E-state index >= 15 is 0 Å². The summed E-state index contributed by atoms with van der Waals surface area (Å²) in [7, 11) is 0. The second kappa shape index (κ2) is 5.29. The van der Waals surface area contributed by atoms with Crippen LogP contribution < -0.4 is 4.74 Å². The van der Waals surface area contributed by atoms with Crippen molar-refractivity contribution < 1.29 is 4.74 Å². The molecule has 0 saturated carbocycles. The number of aromatic nitrogens is 1. The molecule has 3 rings (SSSR count). The van der Waals surface area contributed by atoms with Gasteiger partial charge in [-0.05, 0) is 29.0 Å². The number of hydrogen-bond acceptors (Lipinski definition) is 2. The van der Waals surface area contributed by atoms with E-state index in [0.29, 0.717) is 5.88 Å². The van der Waals surface area contributed by atoms with E-state index in [1.807, 2.05) is 36.4 Å². The maximum absolute atomic E-state index is 5.88. The second-order valence-corrected chi connectivity index (χ2v) is 4.50. The first-order valence-corrected chi connectivity index (χ1v) is 6.56. The summed E-state index contributed by atoms with van der Waals surface area (Å²) < 4.78 is 5.88. The van der Waals surface area contributed by atoms with Gasteiger partial charge in [-0.3, -0.25) is 4.98 Å². The van der Waals surface area contributed by atoms with E-state index in [-0.39, 0.29) is 0 Å². The monoisotopic (exact) mass is 269 g/mol. The number of rotatable bonds is 3. The van der Waals surface area contributed by atoms with Crippen LogP contribution in [0.2, 0.25) is 0 Å². The Balaban J connectivity index is 1.96. The molecule has 94 valence electrons. The topological polar surface area (TPSA) is 22.1 Å². The third-order valence-corrected chi connectivity index (χ3v) is 3.24. The Morgan fingerprint density at radius 1 is 1.00 bits per heavy atom. The Morgan fingerprint density at radius 3 is 2.68 bits per heavy atom. The molecule has 0 atom stereocenters. The number of alkyl halides is 1. The lowest BCUT2D eigenvalue weighted by Gasteiger charge is -2.09. The van der Waals surface area contributed by atoms with Crippen LogP contribution in [-0.2, 0) is 5.88 Å². The molecule has 0 bridgehead atoms. The molecule has 3 heteroatoms. The standard InChI is InChI=1S/C16H12ClNO/c17-10-14-11-18-8-7-16(14)19-15-6-5-12-3-1-2-4-13(12)9-15/h1-9,11H,10H2. The van der Waals surface area contributed by atoms with Crippen LogP contribution in [0.5, 0.6) is 11.5 Å².